The van der Waals surface area contributed by atoms with Crippen LogP contribution in [0.5, 0.6) is 17.2 Å². The number of benzene rings is 2. The Morgan fingerprint density at radius 2 is 1.86 bits per heavy atom. The van der Waals surface area contributed by atoms with Gasteiger partial charge < -0.3 is 20.7 Å². The van der Waals surface area contributed by atoms with Crippen LogP contribution in [0.3, 0.4) is 0 Å². The summed E-state index contributed by atoms with van der Waals surface area (Å²) in [6, 6.07) is 10.3. The number of amides is 1. The monoisotopic (exact) mass is 285 g/mol. The number of hydrogen-bond acceptors (Lipinski definition) is 4. The van der Waals surface area contributed by atoms with Crippen LogP contribution in [-0.2, 0) is 6.42 Å². The van der Waals surface area contributed by atoms with Gasteiger partial charge >= 0.3 is 0 Å². The fourth-order valence-corrected chi connectivity index (χ4v) is 2.57. The van der Waals surface area contributed by atoms with Crippen molar-refractivity contribution in [3.8, 4) is 17.2 Å². The summed E-state index contributed by atoms with van der Waals surface area (Å²) in [5.74, 6) is -0.372. The van der Waals surface area contributed by atoms with Crippen molar-refractivity contribution in [1.29, 1.82) is 0 Å². The quantitative estimate of drug-likeness (QED) is 0.735. The summed E-state index contributed by atoms with van der Waals surface area (Å²) in [4.78, 5) is 11.1. The maximum absolute atomic E-state index is 11.1. The van der Waals surface area contributed by atoms with Crippen LogP contribution in [0.15, 0.2) is 36.4 Å². The van der Waals surface area contributed by atoms with E-state index in [-0.39, 0.29) is 17.4 Å². The molecular weight excluding hydrogens is 270 g/mol. The fraction of sp³-hybridized carbons (Fsp3) is 0.188. The number of rotatable bonds is 2. The lowest BCUT2D eigenvalue weighted by Gasteiger charge is -2.26. The molecule has 0 bridgehead atoms. The highest BCUT2D eigenvalue weighted by Gasteiger charge is 2.25. The molecule has 1 heterocycles. The van der Waals surface area contributed by atoms with Gasteiger partial charge in [0.2, 0.25) is 11.7 Å². The molecule has 0 radical (unpaired) electrons. The molecule has 4 N–H and O–H groups in total. The van der Waals surface area contributed by atoms with Crippen LogP contribution in [-0.4, -0.2) is 22.7 Å². The van der Waals surface area contributed by atoms with Gasteiger partial charge in [-0.1, -0.05) is 18.2 Å². The second kappa shape index (κ2) is 5.01. The second-order valence-corrected chi connectivity index (χ2v) is 5.12. The van der Waals surface area contributed by atoms with E-state index in [1.54, 1.807) is 18.2 Å². The highest BCUT2D eigenvalue weighted by Crippen LogP contribution is 2.43. The van der Waals surface area contributed by atoms with Gasteiger partial charge in [0, 0.05) is 11.5 Å². The van der Waals surface area contributed by atoms with Gasteiger partial charge in [-0.3, -0.25) is 4.79 Å². The molecular formula is C16H15NO4. The molecule has 0 aliphatic carbocycles. The molecule has 3 rings (SSSR count). The number of fused-ring (bicyclic) bond motifs is 1. The number of ether oxygens (including phenoxy) is 1. The largest absolute Gasteiger partial charge is 0.504 e. The molecule has 0 saturated carbocycles. The Morgan fingerprint density at radius 3 is 2.52 bits per heavy atom. The first-order valence-electron chi connectivity index (χ1n) is 6.62. The molecule has 0 spiro atoms. The summed E-state index contributed by atoms with van der Waals surface area (Å²) in [5, 5.41) is 19.2. The van der Waals surface area contributed by atoms with Crippen molar-refractivity contribution in [1.82, 2.24) is 0 Å². The molecule has 1 aliphatic rings. The third kappa shape index (κ3) is 2.38. The first-order valence-corrected chi connectivity index (χ1v) is 6.62. The molecule has 0 aromatic heterocycles. The van der Waals surface area contributed by atoms with Crippen LogP contribution < -0.4 is 10.5 Å². The van der Waals surface area contributed by atoms with Crippen molar-refractivity contribution in [2.24, 2.45) is 5.73 Å². The number of hydrogen-bond donors (Lipinski definition) is 3. The number of phenolic OH excluding ortho intramolecular Hbond substituents is 2. The average molecular weight is 285 g/mol. The molecule has 2 aromatic rings. The van der Waals surface area contributed by atoms with E-state index >= 15 is 0 Å². The minimum Gasteiger partial charge on any atom is -0.504 e. The lowest BCUT2D eigenvalue weighted by molar-refractivity contribution is 0.100. The molecule has 1 amide bonds. The summed E-state index contributed by atoms with van der Waals surface area (Å²) < 4.78 is 5.58. The number of aromatic hydroxyl groups is 2. The van der Waals surface area contributed by atoms with Gasteiger partial charge in [-0.05, 0) is 35.7 Å². The standard InChI is InChI=1S/C16H15NO4/c17-16(20)10-3-1-9(2-4-10)12-7-11-5-6-13(18)14(19)15(11)21-8-12/h1-6,12,18-19H,7-8H2,(H2,17,20). The Morgan fingerprint density at radius 1 is 1.14 bits per heavy atom. The van der Waals surface area contributed by atoms with Crippen LogP contribution in [0.2, 0.25) is 0 Å². The molecule has 21 heavy (non-hydrogen) atoms. The SMILES string of the molecule is NC(=O)c1ccc(C2COc3c(ccc(O)c3O)C2)cc1. The summed E-state index contributed by atoms with van der Waals surface area (Å²) in [7, 11) is 0. The molecule has 0 fully saturated rings. The topological polar surface area (TPSA) is 92.8 Å². The lowest BCUT2D eigenvalue weighted by atomic mass is 9.89. The van der Waals surface area contributed by atoms with Gasteiger partial charge in [0.15, 0.2) is 11.5 Å². The zero-order valence-electron chi connectivity index (χ0n) is 11.2. The van der Waals surface area contributed by atoms with E-state index in [1.165, 1.54) is 6.07 Å². The third-order valence-electron chi connectivity index (χ3n) is 3.75. The third-order valence-corrected chi connectivity index (χ3v) is 3.75. The predicted molar refractivity (Wildman–Crippen MR) is 76.7 cm³/mol. The molecule has 2 aromatic carbocycles. The minimum atomic E-state index is -0.452. The van der Waals surface area contributed by atoms with Crippen molar-refractivity contribution >= 4 is 5.91 Å². The van der Waals surface area contributed by atoms with E-state index in [0.29, 0.717) is 24.3 Å². The van der Waals surface area contributed by atoms with Gasteiger partial charge in [0.25, 0.3) is 0 Å². The van der Waals surface area contributed by atoms with Crippen LogP contribution in [0.1, 0.15) is 27.4 Å². The summed E-state index contributed by atoms with van der Waals surface area (Å²) >= 11 is 0. The van der Waals surface area contributed by atoms with Crippen molar-refractivity contribution in [2.45, 2.75) is 12.3 Å². The predicted octanol–water partition coefficient (Wildman–Crippen LogP) is 1.92. The van der Waals surface area contributed by atoms with E-state index in [9.17, 15) is 15.0 Å². The van der Waals surface area contributed by atoms with Gasteiger partial charge in [-0.15, -0.1) is 0 Å². The number of carbonyl (C=O) groups is 1. The maximum atomic E-state index is 11.1. The Bertz CT molecular complexity index is 694. The molecule has 5 heteroatoms. The van der Waals surface area contributed by atoms with E-state index in [2.05, 4.69) is 0 Å². The average Bonchev–Trinajstić information content (AvgIpc) is 2.51. The van der Waals surface area contributed by atoms with E-state index in [0.717, 1.165) is 11.1 Å². The smallest absolute Gasteiger partial charge is 0.248 e. The van der Waals surface area contributed by atoms with Crippen LogP contribution in [0, 0.1) is 0 Å². The normalized spacial score (nSPS) is 16.9. The van der Waals surface area contributed by atoms with E-state index in [4.69, 9.17) is 10.5 Å². The first-order chi connectivity index (χ1) is 10.1. The molecule has 1 unspecified atom stereocenters. The van der Waals surface area contributed by atoms with E-state index in [1.807, 2.05) is 12.1 Å². The van der Waals surface area contributed by atoms with Gasteiger partial charge in [-0.25, -0.2) is 0 Å². The van der Waals surface area contributed by atoms with Crippen LogP contribution in [0.4, 0.5) is 0 Å². The zero-order chi connectivity index (χ0) is 15.0. The van der Waals surface area contributed by atoms with Crippen molar-refractivity contribution in [2.75, 3.05) is 6.61 Å². The highest BCUT2D eigenvalue weighted by molar-refractivity contribution is 5.92. The van der Waals surface area contributed by atoms with Crippen molar-refractivity contribution < 1.29 is 19.7 Å². The summed E-state index contributed by atoms with van der Waals surface area (Å²) in [5.41, 5.74) is 7.58. The van der Waals surface area contributed by atoms with Crippen LogP contribution in [0.25, 0.3) is 0 Å². The first kappa shape index (κ1) is 13.3. The van der Waals surface area contributed by atoms with Crippen molar-refractivity contribution in [3.63, 3.8) is 0 Å². The summed E-state index contributed by atoms with van der Waals surface area (Å²) in [6.07, 6.45) is 0.694. The highest BCUT2D eigenvalue weighted by atomic mass is 16.5. The zero-order valence-corrected chi connectivity index (χ0v) is 11.2. The molecule has 1 atom stereocenters. The number of carbonyl (C=O) groups excluding carboxylic acids is 1. The molecule has 5 nitrogen and oxygen atoms in total. The van der Waals surface area contributed by atoms with Gasteiger partial charge in [0.1, 0.15) is 0 Å². The maximum Gasteiger partial charge on any atom is 0.248 e. The van der Waals surface area contributed by atoms with E-state index < -0.39 is 5.91 Å². The van der Waals surface area contributed by atoms with Crippen LogP contribution >= 0.6 is 0 Å². The van der Waals surface area contributed by atoms with Crippen molar-refractivity contribution in [3.05, 3.63) is 53.1 Å². The lowest BCUT2D eigenvalue weighted by Crippen LogP contribution is -2.19. The second-order valence-electron chi connectivity index (χ2n) is 5.12. The molecule has 0 saturated heterocycles. The van der Waals surface area contributed by atoms with Gasteiger partial charge in [-0.2, -0.15) is 0 Å². The van der Waals surface area contributed by atoms with Gasteiger partial charge in [0.05, 0.1) is 6.61 Å². The number of primary amides is 1. The Labute approximate surface area is 121 Å². The minimum absolute atomic E-state index is 0.128. The fourth-order valence-electron chi connectivity index (χ4n) is 2.57. The Hall–Kier alpha value is -2.69. The molecule has 108 valence electrons. The summed E-state index contributed by atoms with van der Waals surface area (Å²) in [6.45, 7) is 0.403. The number of nitrogens with two attached hydrogens (primary N) is 1. The molecule has 1 aliphatic heterocycles. The Balaban J connectivity index is 1.86. The Kier molecular flexibility index (Phi) is 3.17. The number of phenols is 2.